The molecule has 0 atom stereocenters. The normalized spacial score (nSPS) is 12.8. The Balaban J connectivity index is 1.40. The molecule has 3 aromatic carbocycles. The number of hydrogen-bond acceptors (Lipinski definition) is 3. The summed E-state index contributed by atoms with van der Waals surface area (Å²) < 4.78 is 10.9. The first-order valence-corrected chi connectivity index (χ1v) is 11.7. The zero-order valence-corrected chi connectivity index (χ0v) is 19.9. The molecule has 1 aliphatic heterocycles. The van der Waals surface area contributed by atoms with Gasteiger partial charge in [0.25, 0.3) is 5.91 Å². The van der Waals surface area contributed by atoms with Gasteiger partial charge in [-0.15, -0.1) is 0 Å². The number of nitrogens with one attached hydrogen (secondary N) is 1. The summed E-state index contributed by atoms with van der Waals surface area (Å²) in [6.07, 6.45) is 2.81. The minimum Gasteiger partial charge on any atom is -0.454 e. The van der Waals surface area contributed by atoms with E-state index < -0.39 is 0 Å². The van der Waals surface area contributed by atoms with Crippen molar-refractivity contribution >= 4 is 16.8 Å². The Hall–Kier alpha value is -3.73. The standard InChI is InChI=1S/C29H30N2O3/c1-29(2,3)23-11-8-20(9-12-23)18-31(15-14-22-17-30-25-7-5-4-6-24(22)25)28(32)21-10-13-26-27(16-21)34-19-33-26/h4-13,16-17,30H,14-15,18-19H2,1-3H3. The second-order valence-corrected chi connectivity index (χ2v) is 9.85. The van der Waals surface area contributed by atoms with Crippen LogP contribution < -0.4 is 9.47 Å². The fourth-order valence-corrected chi connectivity index (χ4v) is 4.39. The van der Waals surface area contributed by atoms with Gasteiger partial charge < -0.3 is 19.4 Å². The van der Waals surface area contributed by atoms with Crippen LogP contribution in [0.25, 0.3) is 10.9 Å². The number of para-hydroxylation sites is 1. The summed E-state index contributed by atoms with van der Waals surface area (Å²) in [7, 11) is 0. The maximum atomic E-state index is 13.6. The summed E-state index contributed by atoms with van der Waals surface area (Å²) in [6, 6.07) is 22.3. The molecule has 0 saturated carbocycles. The second kappa shape index (κ2) is 8.90. The average molecular weight is 455 g/mol. The van der Waals surface area contributed by atoms with Crippen molar-refractivity contribution in [3.05, 3.63) is 95.2 Å². The largest absolute Gasteiger partial charge is 0.454 e. The summed E-state index contributed by atoms with van der Waals surface area (Å²) in [5.41, 5.74) is 5.42. The third kappa shape index (κ3) is 4.51. The predicted octanol–water partition coefficient (Wildman–Crippen LogP) is 6.08. The fourth-order valence-electron chi connectivity index (χ4n) is 4.39. The molecule has 0 unspecified atom stereocenters. The zero-order chi connectivity index (χ0) is 23.7. The van der Waals surface area contributed by atoms with Gasteiger partial charge >= 0.3 is 0 Å². The number of aromatic amines is 1. The predicted molar refractivity (Wildman–Crippen MR) is 134 cm³/mol. The number of nitrogens with zero attached hydrogens (tertiary/aromatic N) is 1. The van der Waals surface area contributed by atoms with Crippen LogP contribution in [0.1, 0.15) is 47.8 Å². The van der Waals surface area contributed by atoms with Crippen LogP contribution in [0.5, 0.6) is 11.5 Å². The monoisotopic (exact) mass is 454 g/mol. The van der Waals surface area contributed by atoms with Gasteiger partial charge in [-0.3, -0.25) is 4.79 Å². The topological polar surface area (TPSA) is 54.6 Å². The lowest BCUT2D eigenvalue weighted by atomic mass is 9.87. The smallest absolute Gasteiger partial charge is 0.254 e. The summed E-state index contributed by atoms with van der Waals surface area (Å²) in [5, 5.41) is 1.20. The van der Waals surface area contributed by atoms with Crippen molar-refractivity contribution < 1.29 is 14.3 Å². The lowest BCUT2D eigenvalue weighted by Crippen LogP contribution is -2.32. The summed E-state index contributed by atoms with van der Waals surface area (Å²) in [6.45, 7) is 7.96. The summed E-state index contributed by atoms with van der Waals surface area (Å²) >= 11 is 0. The molecule has 5 heteroatoms. The zero-order valence-electron chi connectivity index (χ0n) is 19.9. The molecule has 0 fully saturated rings. The minimum absolute atomic E-state index is 0.0157. The molecule has 0 bridgehead atoms. The van der Waals surface area contributed by atoms with Crippen molar-refractivity contribution in [2.45, 2.75) is 39.2 Å². The van der Waals surface area contributed by atoms with E-state index in [-0.39, 0.29) is 18.1 Å². The number of carbonyl (C=O) groups is 1. The van der Waals surface area contributed by atoms with E-state index in [1.807, 2.05) is 35.4 Å². The third-order valence-corrected chi connectivity index (χ3v) is 6.43. The number of fused-ring (bicyclic) bond motifs is 2. The first-order chi connectivity index (χ1) is 16.4. The van der Waals surface area contributed by atoms with E-state index in [1.165, 1.54) is 16.5 Å². The molecular weight excluding hydrogens is 424 g/mol. The molecule has 5 nitrogen and oxygen atoms in total. The number of amides is 1. The number of rotatable bonds is 6. The third-order valence-electron chi connectivity index (χ3n) is 6.43. The lowest BCUT2D eigenvalue weighted by molar-refractivity contribution is 0.0744. The Morgan fingerprint density at radius 1 is 0.971 bits per heavy atom. The van der Waals surface area contributed by atoms with Gasteiger partial charge in [-0.1, -0.05) is 63.2 Å². The van der Waals surface area contributed by atoms with Crippen LogP contribution in [0.4, 0.5) is 0 Å². The molecule has 1 aliphatic rings. The Kier molecular flexibility index (Phi) is 5.78. The van der Waals surface area contributed by atoms with Gasteiger partial charge in [0.1, 0.15) is 0 Å². The van der Waals surface area contributed by atoms with Gasteiger partial charge in [-0.05, 0) is 52.8 Å². The van der Waals surface area contributed by atoms with Crippen molar-refractivity contribution in [2.24, 2.45) is 0 Å². The van der Waals surface area contributed by atoms with Crippen molar-refractivity contribution in [3.63, 3.8) is 0 Å². The van der Waals surface area contributed by atoms with Gasteiger partial charge in [0, 0.05) is 35.8 Å². The van der Waals surface area contributed by atoms with Crippen LogP contribution in [0.3, 0.4) is 0 Å². The molecular formula is C29H30N2O3. The Morgan fingerprint density at radius 3 is 2.53 bits per heavy atom. The summed E-state index contributed by atoms with van der Waals surface area (Å²) in [5.74, 6) is 1.29. The molecule has 0 aliphatic carbocycles. The maximum absolute atomic E-state index is 13.6. The van der Waals surface area contributed by atoms with Gasteiger partial charge in [-0.25, -0.2) is 0 Å². The van der Waals surface area contributed by atoms with Gasteiger partial charge in [0.2, 0.25) is 6.79 Å². The van der Waals surface area contributed by atoms with E-state index in [9.17, 15) is 4.79 Å². The van der Waals surface area contributed by atoms with Crippen LogP contribution >= 0.6 is 0 Å². The van der Waals surface area contributed by atoms with E-state index in [4.69, 9.17) is 9.47 Å². The van der Waals surface area contributed by atoms with E-state index in [2.05, 4.69) is 62.2 Å². The molecule has 34 heavy (non-hydrogen) atoms. The van der Waals surface area contributed by atoms with Crippen LogP contribution in [-0.2, 0) is 18.4 Å². The summed E-state index contributed by atoms with van der Waals surface area (Å²) in [4.78, 5) is 18.9. The van der Waals surface area contributed by atoms with Crippen molar-refractivity contribution in [1.82, 2.24) is 9.88 Å². The van der Waals surface area contributed by atoms with Crippen LogP contribution in [0.2, 0.25) is 0 Å². The first-order valence-electron chi connectivity index (χ1n) is 11.7. The van der Waals surface area contributed by atoms with Crippen molar-refractivity contribution in [3.8, 4) is 11.5 Å². The van der Waals surface area contributed by atoms with Crippen molar-refractivity contribution in [1.29, 1.82) is 0 Å². The molecule has 5 rings (SSSR count). The number of aromatic nitrogens is 1. The first kappa shape index (κ1) is 22.1. The SMILES string of the molecule is CC(C)(C)c1ccc(CN(CCc2c[nH]c3ccccc23)C(=O)c2ccc3c(c2)OCO3)cc1. The molecule has 1 aromatic heterocycles. The second-order valence-electron chi connectivity index (χ2n) is 9.85. The number of H-pyrrole nitrogens is 1. The Labute approximate surface area is 200 Å². The van der Waals surface area contributed by atoms with E-state index >= 15 is 0 Å². The highest BCUT2D eigenvalue weighted by molar-refractivity contribution is 5.95. The number of carbonyl (C=O) groups excluding carboxylic acids is 1. The Bertz CT molecular complexity index is 1320. The highest BCUT2D eigenvalue weighted by Gasteiger charge is 2.21. The van der Waals surface area contributed by atoms with Crippen LogP contribution in [0.15, 0.2) is 72.9 Å². The van der Waals surface area contributed by atoms with Gasteiger partial charge in [0.05, 0.1) is 0 Å². The average Bonchev–Trinajstić information content (AvgIpc) is 3.47. The van der Waals surface area contributed by atoms with Gasteiger partial charge in [0.15, 0.2) is 11.5 Å². The van der Waals surface area contributed by atoms with E-state index in [1.54, 1.807) is 6.07 Å². The van der Waals surface area contributed by atoms with Crippen LogP contribution in [0, 0.1) is 0 Å². The fraction of sp³-hybridized carbons (Fsp3) is 0.276. The van der Waals surface area contributed by atoms with E-state index in [0.717, 1.165) is 17.5 Å². The molecule has 1 N–H and O–H groups in total. The quantitative estimate of drug-likeness (QED) is 0.384. The molecule has 0 spiro atoms. The molecule has 174 valence electrons. The number of benzene rings is 3. The molecule has 2 heterocycles. The van der Waals surface area contributed by atoms with Crippen molar-refractivity contribution in [2.75, 3.05) is 13.3 Å². The highest BCUT2D eigenvalue weighted by Crippen LogP contribution is 2.33. The van der Waals surface area contributed by atoms with E-state index in [0.29, 0.717) is 30.2 Å². The number of hydrogen-bond donors (Lipinski definition) is 1. The van der Waals surface area contributed by atoms with Gasteiger partial charge in [-0.2, -0.15) is 0 Å². The minimum atomic E-state index is -0.0157. The lowest BCUT2D eigenvalue weighted by Gasteiger charge is -2.24. The maximum Gasteiger partial charge on any atom is 0.254 e. The molecule has 1 amide bonds. The van der Waals surface area contributed by atoms with Crippen LogP contribution in [-0.4, -0.2) is 29.1 Å². The Morgan fingerprint density at radius 2 is 1.74 bits per heavy atom. The molecule has 0 saturated heterocycles. The molecule has 4 aromatic rings. The number of ether oxygens (including phenoxy) is 2. The molecule has 0 radical (unpaired) electrons. The highest BCUT2D eigenvalue weighted by atomic mass is 16.7.